The molecule has 0 atom stereocenters. The molecule has 1 aromatic rings. The van der Waals surface area contributed by atoms with Crippen LogP contribution in [0.5, 0.6) is 0 Å². The van der Waals surface area contributed by atoms with E-state index in [2.05, 4.69) is 25.7 Å². The van der Waals surface area contributed by atoms with Crippen molar-refractivity contribution in [2.45, 2.75) is 37.5 Å². The summed E-state index contributed by atoms with van der Waals surface area (Å²) in [6.07, 6.45) is 13.9. The molecular weight excluding hydrogens is 348 g/mol. The van der Waals surface area contributed by atoms with Crippen LogP contribution in [-0.4, -0.2) is 20.9 Å². The summed E-state index contributed by atoms with van der Waals surface area (Å²) in [4.78, 5) is 1.52. The van der Waals surface area contributed by atoms with Gasteiger partial charge in [-0.3, -0.25) is 0 Å². The molecule has 25 heavy (non-hydrogen) atoms. The van der Waals surface area contributed by atoms with Crippen molar-refractivity contribution in [3.05, 3.63) is 70.7 Å². The van der Waals surface area contributed by atoms with Crippen molar-refractivity contribution in [1.29, 1.82) is 0 Å². The van der Waals surface area contributed by atoms with Gasteiger partial charge in [0.05, 0.1) is 4.90 Å². The fraction of sp³-hybridized carbons (Fsp3) is 0.333. The molecule has 0 radical (unpaired) electrons. The largest absolute Gasteiger partial charge is 0.224 e. The van der Waals surface area contributed by atoms with Crippen molar-refractivity contribution in [3.63, 3.8) is 0 Å². The molecule has 4 heteroatoms. The summed E-state index contributed by atoms with van der Waals surface area (Å²) in [5.74, 6) is 0. The first-order valence-electron chi connectivity index (χ1n) is 8.44. The van der Waals surface area contributed by atoms with E-state index in [1.807, 2.05) is 24.5 Å². The maximum Gasteiger partial charge on any atom is 0.175 e. The van der Waals surface area contributed by atoms with E-state index in [1.54, 1.807) is 23.9 Å². The summed E-state index contributed by atoms with van der Waals surface area (Å²) < 4.78 is 23.3. The molecular formula is C21H26O2S2. The minimum absolute atomic E-state index is 0.375. The monoisotopic (exact) mass is 374 g/mol. The van der Waals surface area contributed by atoms with Gasteiger partial charge in [-0.1, -0.05) is 30.9 Å². The first-order chi connectivity index (χ1) is 11.9. The van der Waals surface area contributed by atoms with Crippen LogP contribution >= 0.6 is 11.8 Å². The number of allylic oxidation sites excluding steroid dienone is 6. The number of benzene rings is 1. The zero-order valence-electron chi connectivity index (χ0n) is 15.2. The molecule has 0 unspecified atom stereocenters. The Labute approximate surface area is 156 Å². The standard InChI is InChI=1S/C21H26O2S2/c1-5-18(24-3)13-10-16(2)20-8-6-7-9-21(20)17-11-14-19(15-12-17)25(4,22)23/h5,10-15H,1,6-9H2,2-4H3/b16-10+,18-13+. The molecule has 0 aromatic heterocycles. The van der Waals surface area contributed by atoms with Crippen LogP contribution in [0.1, 0.15) is 38.2 Å². The molecule has 2 rings (SSSR count). The van der Waals surface area contributed by atoms with E-state index < -0.39 is 9.84 Å². The summed E-state index contributed by atoms with van der Waals surface area (Å²) in [6, 6.07) is 7.31. The fourth-order valence-electron chi connectivity index (χ4n) is 3.09. The maximum absolute atomic E-state index is 11.7. The quantitative estimate of drug-likeness (QED) is 0.590. The summed E-state index contributed by atoms with van der Waals surface area (Å²) >= 11 is 1.69. The van der Waals surface area contributed by atoms with Crippen LogP contribution in [0.15, 0.2) is 70.0 Å². The number of hydrogen-bond donors (Lipinski definition) is 0. The zero-order chi connectivity index (χ0) is 18.4. The molecule has 0 saturated carbocycles. The van der Waals surface area contributed by atoms with Crippen molar-refractivity contribution in [3.8, 4) is 0 Å². The third-order valence-corrected chi connectivity index (χ3v) is 6.41. The van der Waals surface area contributed by atoms with Gasteiger partial charge in [0.25, 0.3) is 0 Å². The Bertz CT molecular complexity index is 823. The van der Waals surface area contributed by atoms with Gasteiger partial charge >= 0.3 is 0 Å². The fourth-order valence-corrected chi connectivity index (χ4v) is 4.09. The predicted octanol–water partition coefficient (Wildman–Crippen LogP) is 5.80. The molecule has 0 fully saturated rings. The Balaban J connectivity index is 2.42. The highest BCUT2D eigenvalue weighted by atomic mass is 32.2. The number of thioether (sulfide) groups is 1. The van der Waals surface area contributed by atoms with Crippen molar-refractivity contribution < 1.29 is 8.42 Å². The second kappa shape index (κ2) is 8.72. The molecule has 0 heterocycles. The van der Waals surface area contributed by atoms with E-state index >= 15 is 0 Å². The molecule has 2 nitrogen and oxygen atoms in total. The molecule has 0 amide bonds. The number of hydrogen-bond acceptors (Lipinski definition) is 3. The second-order valence-electron chi connectivity index (χ2n) is 6.29. The Morgan fingerprint density at radius 3 is 2.32 bits per heavy atom. The lowest BCUT2D eigenvalue weighted by Gasteiger charge is -2.21. The SMILES string of the molecule is C=C/C(=C\C=C(/C)C1=C(c2ccc(S(C)(=O)=O)cc2)CCCC1)SC. The van der Waals surface area contributed by atoms with E-state index in [4.69, 9.17) is 0 Å². The van der Waals surface area contributed by atoms with E-state index in [0.717, 1.165) is 23.3 Å². The number of rotatable bonds is 6. The van der Waals surface area contributed by atoms with Crippen LogP contribution in [0.4, 0.5) is 0 Å². The van der Waals surface area contributed by atoms with Crippen LogP contribution in [-0.2, 0) is 9.84 Å². The third-order valence-electron chi connectivity index (χ3n) is 4.51. The Hall–Kier alpha value is -1.52. The molecule has 1 aliphatic rings. The van der Waals surface area contributed by atoms with Gasteiger partial charge in [-0.15, -0.1) is 11.8 Å². The van der Waals surface area contributed by atoms with Crippen molar-refractivity contribution in [1.82, 2.24) is 0 Å². The minimum atomic E-state index is -3.15. The summed E-state index contributed by atoms with van der Waals surface area (Å²) in [7, 11) is -3.15. The van der Waals surface area contributed by atoms with Gasteiger partial charge < -0.3 is 0 Å². The van der Waals surface area contributed by atoms with E-state index in [0.29, 0.717) is 4.90 Å². The highest BCUT2D eigenvalue weighted by molar-refractivity contribution is 8.02. The van der Waals surface area contributed by atoms with Gasteiger partial charge in [-0.2, -0.15) is 0 Å². The third kappa shape index (κ3) is 5.23. The molecule has 0 N–H and O–H groups in total. The van der Waals surface area contributed by atoms with Crippen LogP contribution in [0, 0.1) is 0 Å². The van der Waals surface area contributed by atoms with E-state index in [-0.39, 0.29) is 0 Å². The lowest BCUT2D eigenvalue weighted by atomic mass is 9.84. The predicted molar refractivity (Wildman–Crippen MR) is 110 cm³/mol. The van der Waals surface area contributed by atoms with Crippen LogP contribution in [0.25, 0.3) is 5.57 Å². The Kier molecular flexibility index (Phi) is 6.91. The highest BCUT2D eigenvalue weighted by Crippen LogP contribution is 2.36. The Morgan fingerprint density at radius 1 is 1.12 bits per heavy atom. The summed E-state index contributed by atoms with van der Waals surface area (Å²) in [6.45, 7) is 5.99. The average Bonchev–Trinajstić information content (AvgIpc) is 2.62. The summed E-state index contributed by atoms with van der Waals surface area (Å²) in [5, 5.41) is 0. The lowest BCUT2D eigenvalue weighted by molar-refractivity contribution is 0.602. The lowest BCUT2D eigenvalue weighted by Crippen LogP contribution is -2.02. The molecule has 0 spiro atoms. The first kappa shape index (κ1) is 19.8. The van der Waals surface area contributed by atoms with Crippen molar-refractivity contribution >= 4 is 27.2 Å². The topological polar surface area (TPSA) is 34.1 Å². The van der Waals surface area contributed by atoms with Crippen LogP contribution < -0.4 is 0 Å². The van der Waals surface area contributed by atoms with Gasteiger partial charge in [0.1, 0.15) is 0 Å². The minimum Gasteiger partial charge on any atom is -0.224 e. The van der Waals surface area contributed by atoms with Crippen molar-refractivity contribution in [2.75, 3.05) is 12.5 Å². The molecule has 0 aliphatic heterocycles. The molecule has 0 saturated heterocycles. The maximum atomic E-state index is 11.7. The Morgan fingerprint density at radius 2 is 1.76 bits per heavy atom. The van der Waals surface area contributed by atoms with E-state index in [9.17, 15) is 8.42 Å². The van der Waals surface area contributed by atoms with Crippen LogP contribution in [0.3, 0.4) is 0 Å². The average molecular weight is 375 g/mol. The van der Waals surface area contributed by atoms with Gasteiger partial charge in [-0.05, 0) is 79.4 Å². The smallest absolute Gasteiger partial charge is 0.175 e. The normalized spacial score (nSPS) is 16.9. The molecule has 0 bridgehead atoms. The second-order valence-corrected chi connectivity index (χ2v) is 9.18. The number of sulfone groups is 1. The van der Waals surface area contributed by atoms with Gasteiger partial charge in [-0.25, -0.2) is 8.42 Å². The van der Waals surface area contributed by atoms with Gasteiger partial charge in [0.15, 0.2) is 9.84 Å². The zero-order valence-corrected chi connectivity index (χ0v) is 16.8. The summed E-state index contributed by atoms with van der Waals surface area (Å²) in [5.41, 5.74) is 5.14. The van der Waals surface area contributed by atoms with Crippen LogP contribution in [0.2, 0.25) is 0 Å². The van der Waals surface area contributed by atoms with E-state index in [1.165, 1.54) is 35.8 Å². The van der Waals surface area contributed by atoms with Crippen molar-refractivity contribution in [2.24, 2.45) is 0 Å². The molecule has 1 aromatic carbocycles. The molecule has 1 aliphatic carbocycles. The highest BCUT2D eigenvalue weighted by Gasteiger charge is 2.16. The van der Waals surface area contributed by atoms with Gasteiger partial charge in [0.2, 0.25) is 0 Å². The van der Waals surface area contributed by atoms with Gasteiger partial charge in [0, 0.05) is 11.2 Å². The first-order valence-corrected chi connectivity index (χ1v) is 11.6. The molecule has 134 valence electrons.